The number of anilines is 2. The van der Waals surface area contributed by atoms with Crippen molar-refractivity contribution >= 4 is 52.7 Å². The van der Waals surface area contributed by atoms with Crippen LogP contribution in [0.25, 0.3) is 6.08 Å². The molecule has 0 fully saturated rings. The summed E-state index contributed by atoms with van der Waals surface area (Å²) < 4.78 is 16.3. The normalized spacial score (nSPS) is 11.6. The first-order valence-corrected chi connectivity index (χ1v) is 15.4. The highest BCUT2D eigenvalue weighted by Gasteiger charge is 2.19. The smallest absolute Gasteiger partial charge is 0.272 e. The molecule has 0 radical (unpaired) electrons. The van der Waals surface area contributed by atoms with Crippen LogP contribution in [0.5, 0.6) is 17.2 Å². The predicted octanol–water partition coefficient (Wildman–Crippen LogP) is 6.44. The molecule has 0 aliphatic rings. The van der Waals surface area contributed by atoms with Gasteiger partial charge in [0.05, 0.1) is 26.6 Å². The molecule has 11 heteroatoms. The highest BCUT2D eigenvalue weighted by atomic mass is 32.2. The monoisotopic (exact) mass is 653 g/mol. The van der Waals surface area contributed by atoms with Crippen LogP contribution in [0, 0.1) is 0 Å². The summed E-state index contributed by atoms with van der Waals surface area (Å²) in [6.45, 7) is 3.27. The fraction of sp³-hybridized carbons (Fsp3) is 0.167. The SMILES string of the molecule is COc1cc(OC)c(OC)cc1/C=C(\NC(=O)c1ccccc1)C(=O)Nc1ccc(SC(C)C(=O)Nc2ccc(C(C)=O)cc2)cc1. The molecule has 0 heterocycles. The van der Waals surface area contributed by atoms with Gasteiger partial charge in [0, 0.05) is 39.0 Å². The molecule has 4 aromatic carbocycles. The molecule has 0 aliphatic heterocycles. The van der Waals surface area contributed by atoms with E-state index in [-0.39, 0.29) is 17.4 Å². The van der Waals surface area contributed by atoms with Crippen LogP contribution in [-0.4, -0.2) is 50.1 Å². The maximum absolute atomic E-state index is 13.6. The zero-order chi connectivity index (χ0) is 33.9. The van der Waals surface area contributed by atoms with Crippen LogP contribution in [0.1, 0.15) is 40.1 Å². The average Bonchev–Trinajstić information content (AvgIpc) is 3.08. The number of Topliss-reactive ketones (excluding diaryl/α,β-unsaturated/α-hetero) is 1. The van der Waals surface area contributed by atoms with Gasteiger partial charge in [0.25, 0.3) is 11.8 Å². The summed E-state index contributed by atoms with van der Waals surface area (Å²) in [6.07, 6.45) is 1.50. The molecule has 1 atom stereocenters. The number of carbonyl (C=O) groups excluding carboxylic acids is 4. The quantitative estimate of drug-likeness (QED) is 0.0853. The molecule has 47 heavy (non-hydrogen) atoms. The Balaban J connectivity index is 1.50. The van der Waals surface area contributed by atoms with E-state index in [0.29, 0.717) is 45.3 Å². The van der Waals surface area contributed by atoms with Gasteiger partial charge in [-0.05, 0) is 86.7 Å². The summed E-state index contributed by atoms with van der Waals surface area (Å²) in [5.41, 5.74) is 2.44. The predicted molar refractivity (Wildman–Crippen MR) is 183 cm³/mol. The maximum atomic E-state index is 13.6. The topological polar surface area (TPSA) is 132 Å². The first-order valence-electron chi connectivity index (χ1n) is 14.5. The van der Waals surface area contributed by atoms with Crippen LogP contribution in [-0.2, 0) is 9.59 Å². The lowest BCUT2D eigenvalue weighted by Crippen LogP contribution is -2.30. The van der Waals surface area contributed by atoms with E-state index in [4.69, 9.17) is 14.2 Å². The van der Waals surface area contributed by atoms with Crippen LogP contribution in [0.4, 0.5) is 11.4 Å². The van der Waals surface area contributed by atoms with Gasteiger partial charge < -0.3 is 30.2 Å². The number of thioether (sulfide) groups is 1. The third kappa shape index (κ3) is 9.24. The van der Waals surface area contributed by atoms with Gasteiger partial charge in [0.1, 0.15) is 11.4 Å². The molecule has 4 rings (SSSR count). The maximum Gasteiger partial charge on any atom is 0.272 e. The van der Waals surface area contributed by atoms with Crippen LogP contribution in [0.2, 0.25) is 0 Å². The first-order chi connectivity index (χ1) is 22.6. The highest BCUT2D eigenvalue weighted by Crippen LogP contribution is 2.35. The van der Waals surface area contributed by atoms with E-state index < -0.39 is 17.1 Å². The van der Waals surface area contributed by atoms with Gasteiger partial charge in [-0.2, -0.15) is 0 Å². The summed E-state index contributed by atoms with van der Waals surface area (Å²) in [5.74, 6) is -0.0412. The van der Waals surface area contributed by atoms with E-state index >= 15 is 0 Å². The van der Waals surface area contributed by atoms with Crippen molar-refractivity contribution in [1.29, 1.82) is 0 Å². The number of amides is 3. The lowest BCUT2D eigenvalue weighted by molar-refractivity contribution is -0.115. The molecular weight excluding hydrogens is 618 g/mol. The van der Waals surface area contributed by atoms with Gasteiger partial charge in [-0.25, -0.2) is 0 Å². The molecule has 0 saturated carbocycles. The summed E-state index contributed by atoms with van der Waals surface area (Å²) in [6, 6.07) is 25.5. The van der Waals surface area contributed by atoms with Crippen molar-refractivity contribution in [2.45, 2.75) is 24.0 Å². The van der Waals surface area contributed by atoms with Gasteiger partial charge in [-0.3, -0.25) is 19.2 Å². The number of ketones is 1. The van der Waals surface area contributed by atoms with E-state index in [2.05, 4.69) is 16.0 Å². The molecule has 3 amide bonds. The largest absolute Gasteiger partial charge is 0.496 e. The molecule has 0 bridgehead atoms. The second-order valence-electron chi connectivity index (χ2n) is 10.2. The third-order valence-corrected chi connectivity index (χ3v) is 8.03. The summed E-state index contributed by atoms with van der Waals surface area (Å²) >= 11 is 1.35. The van der Waals surface area contributed by atoms with Crippen molar-refractivity contribution in [3.8, 4) is 17.2 Å². The zero-order valence-electron chi connectivity index (χ0n) is 26.6. The summed E-state index contributed by atoms with van der Waals surface area (Å²) in [5, 5.41) is 7.97. The third-order valence-electron chi connectivity index (χ3n) is 6.92. The molecule has 242 valence electrons. The van der Waals surface area contributed by atoms with Gasteiger partial charge in [-0.15, -0.1) is 11.8 Å². The van der Waals surface area contributed by atoms with Gasteiger partial charge >= 0.3 is 0 Å². The van der Waals surface area contributed by atoms with Crippen LogP contribution >= 0.6 is 11.8 Å². The second kappa shape index (κ2) is 16.1. The Morgan fingerprint density at radius 1 is 0.702 bits per heavy atom. The molecular formula is C36H35N3O7S. The van der Waals surface area contributed by atoms with Crippen molar-refractivity contribution in [1.82, 2.24) is 5.32 Å². The van der Waals surface area contributed by atoms with Gasteiger partial charge in [0.2, 0.25) is 5.91 Å². The number of hydrogen-bond donors (Lipinski definition) is 3. The van der Waals surface area contributed by atoms with Crippen molar-refractivity contribution < 1.29 is 33.4 Å². The fourth-order valence-electron chi connectivity index (χ4n) is 4.37. The molecule has 1 unspecified atom stereocenters. The number of hydrogen-bond acceptors (Lipinski definition) is 8. The Kier molecular flexibility index (Phi) is 11.8. The molecule has 10 nitrogen and oxygen atoms in total. The van der Waals surface area contributed by atoms with Gasteiger partial charge in [-0.1, -0.05) is 18.2 Å². The van der Waals surface area contributed by atoms with Crippen molar-refractivity contribution in [3.63, 3.8) is 0 Å². The zero-order valence-corrected chi connectivity index (χ0v) is 27.4. The van der Waals surface area contributed by atoms with E-state index in [1.807, 2.05) is 0 Å². The lowest BCUT2D eigenvalue weighted by Gasteiger charge is -2.15. The number of rotatable bonds is 13. The minimum atomic E-state index is -0.574. The number of ether oxygens (including phenoxy) is 3. The van der Waals surface area contributed by atoms with Crippen molar-refractivity contribution in [2.24, 2.45) is 0 Å². The molecule has 3 N–H and O–H groups in total. The Bertz CT molecular complexity index is 1770. The standard InChI is InChI=1S/C36H35N3O7S/c1-22(40)24-11-13-27(14-12-24)37-34(41)23(2)47-29-17-15-28(16-18-29)38-36(43)30(39-35(42)25-9-7-6-8-10-25)19-26-20-32(45-4)33(46-5)21-31(26)44-3/h6-21,23H,1-5H3,(H,37,41)(H,38,43)(H,39,42)/b30-19-. The molecule has 0 aromatic heterocycles. The molecule has 0 spiro atoms. The van der Waals surface area contributed by atoms with E-state index in [1.165, 1.54) is 46.1 Å². The minimum absolute atomic E-state index is 0.0375. The van der Waals surface area contributed by atoms with Crippen molar-refractivity contribution in [2.75, 3.05) is 32.0 Å². The Hall–Kier alpha value is -5.55. The van der Waals surface area contributed by atoms with E-state index in [0.717, 1.165) is 4.90 Å². The Labute approximate surface area is 277 Å². The fourth-order valence-corrected chi connectivity index (χ4v) is 5.24. The second-order valence-corrected chi connectivity index (χ2v) is 11.6. The van der Waals surface area contributed by atoms with Crippen LogP contribution in [0.3, 0.4) is 0 Å². The van der Waals surface area contributed by atoms with E-state index in [1.54, 1.807) is 97.9 Å². The van der Waals surface area contributed by atoms with Crippen molar-refractivity contribution in [3.05, 3.63) is 113 Å². The first kappa shape index (κ1) is 34.3. The van der Waals surface area contributed by atoms with Crippen LogP contribution < -0.4 is 30.2 Å². The lowest BCUT2D eigenvalue weighted by atomic mass is 10.1. The number of benzene rings is 4. The summed E-state index contributed by atoms with van der Waals surface area (Å²) in [7, 11) is 4.48. The number of nitrogens with one attached hydrogen (secondary N) is 3. The van der Waals surface area contributed by atoms with Gasteiger partial charge in [0.15, 0.2) is 17.3 Å². The minimum Gasteiger partial charge on any atom is -0.496 e. The average molecular weight is 654 g/mol. The van der Waals surface area contributed by atoms with E-state index in [9.17, 15) is 19.2 Å². The molecule has 0 saturated heterocycles. The Morgan fingerprint density at radius 2 is 1.28 bits per heavy atom. The summed E-state index contributed by atoms with van der Waals surface area (Å²) in [4.78, 5) is 51.7. The molecule has 4 aromatic rings. The molecule has 0 aliphatic carbocycles. The Morgan fingerprint density at radius 3 is 1.87 bits per heavy atom. The number of carbonyl (C=O) groups is 4. The highest BCUT2D eigenvalue weighted by molar-refractivity contribution is 8.00. The van der Waals surface area contributed by atoms with Crippen LogP contribution in [0.15, 0.2) is 102 Å². The number of methoxy groups -OCH3 is 3.